The van der Waals surface area contributed by atoms with Crippen molar-refractivity contribution in [3.05, 3.63) is 29.8 Å². The molecule has 0 aromatic heterocycles. The summed E-state index contributed by atoms with van der Waals surface area (Å²) in [5.74, 6) is 0.0121. The Kier molecular flexibility index (Phi) is 5.91. The highest BCUT2D eigenvalue weighted by molar-refractivity contribution is 9.09. The Morgan fingerprint density at radius 1 is 1.50 bits per heavy atom. The van der Waals surface area contributed by atoms with Gasteiger partial charge in [0.1, 0.15) is 0 Å². The molecule has 4 heteroatoms. The Balaban J connectivity index is 2.59. The summed E-state index contributed by atoms with van der Waals surface area (Å²) in [5, 5.41) is 2.92. The Bertz CT molecular complexity index is 355. The summed E-state index contributed by atoms with van der Waals surface area (Å²) in [7, 11) is 0. The van der Waals surface area contributed by atoms with Crippen LogP contribution in [0.15, 0.2) is 29.2 Å². The first-order chi connectivity index (χ1) is 7.65. The third-order valence-electron chi connectivity index (χ3n) is 2.18. The zero-order valence-corrected chi connectivity index (χ0v) is 11.9. The fraction of sp³-hybridized carbons (Fsp3) is 0.417. The van der Waals surface area contributed by atoms with Crippen LogP contribution in [0.25, 0.3) is 0 Å². The SMILES string of the molecule is CSc1ccccc1C(=O)NCCC(C)Br. The fourth-order valence-corrected chi connectivity index (χ4v) is 2.14. The number of benzene rings is 1. The summed E-state index contributed by atoms with van der Waals surface area (Å²) in [6.45, 7) is 2.77. The topological polar surface area (TPSA) is 29.1 Å². The molecule has 0 bridgehead atoms. The maximum Gasteiger partial charge on any atom is 0.252 e. The Morgan fingerprint density at radius 3 is 2.81 bits per heavy atom. The minimum atomic E-state index is 0.0121. The molecule has 0 aliphatic carbocycles. The molecule has 0 fully saturated rings. The van der Waals surface area contributed by atoms with Gasteiger partial charge in [-0.05, 0) is 24.8 Å². The fourth-order valence-electron chi connectivity index (χ4n) is 1.31. The van der Waals surface area contributed by atoms with Crippen LogP contribution in [0.2, 0.25) is 0 Å². The lowest BCUT2D eigenvalue weighted by molar-refractivity contribution is 0.0950. The number of hydrogen-bond acceptors (Lipinski definition) is 2. The van der Waals surface area contributed by atoms with E-state index in [0.717, 1.165) is 16.9 Å². The minimum Gasteiger partial charge on any atom is -0.352 e. The number of halogens is 1. The van der Waals surface area contributed by atoms with Crippen molar-refractivity contribution < 1.29 is 4.79 Å². The van der Waals surface area contributed by atoms with Crippen LogP contribution in [-0.4, -0.2) is 23.5 Å². The third kappa shape index (κ3) is 4.18. The molecule has 0 saturated carbocycles. The molecule has 1 amide bonds. The van der Waals surface area contributed by atoms with Crippen molar-refractivity contribution >= 4 is 33.6 Å². The molecule has 1 N–H and O–H groups in total. The quantitative estimate of drug-likeness (QED) is 0.668. The zero-order valence-electron chi connectivity index (χ0n) is 9.50. The number of thioether (sulfide) groups is 1. The van der Waals surface area contributed by atoms with Crippen LogP contribution in [0, 0.1) is 0 Å². The summed E-state index contributed by atoms with van der Waals surface area (Å²) >= 11 is 5.05. The standard InChI is InChI=1S/C12H16BrNOS/c1-9(13)7-8-14-12(15)10-5-3-4-6-11(10)16-2/h3-6,9H,7-8H2,1-2H3,(H,14,15). The first kappa shape index (κ1) is 13.6. The van der Waals surface area contributed by atoms with Crippen molar-refractivity contribution in [2.75, 3.05) is 12.8 Å². The predicted octanol–water partition coefficient (Wildman–Crippen LogP) is 3.31. The molecule has 0 radical (unpaired) electrons. The Morgan fingerprint density at radius 2 is 2.19 bits per heavy atom. The van der Waals surface area contributed by atoms with E-state index >= 15 is 0 Å². The molecule has 0 aliphatic rings. The van der Waals surface area contributed by atoms with Gasteiger partial charge in [0.15, 0.2) is 0 Å². The van der Waals surface area contributed by atoms with Gasteiger partial charge < -0.3 is 5.32 Å². The molecule has 0 saturated heterocycles. The van der Waals surface area contributed by atoms with Gasteiger partial charge in [0.2, 0.25) is 0 Å². The van der Waals surface area contributed by atoms with Gasteiger partial charge in [-0.1, -0.05) is 35.0 Å². The Hall–Kier alpha value is -0.480. The van der Waals surface area contributed by atoms with Crippen molar-refractivity contribution in [2.24, 2.45) is 0 Å². The molecule has 88 valence electrons. The lowest BCUT2D eigenvalue weighted by atomic mass is 10.2. The number of carbonyl (C=O) groups is 1. The van der Waals surface area contributed by atoms with E-state index in [2.05, 4.69) is 28.2 Å². The predicted molar refractivity (Wildman–Crippen MR) is 73.6 cm³/mol. The van der Waals surface area contributed by atoms with Crippen LogP contribution in [0.1, 0.15) is 23.7 Å². The monoisotopic (exact) mass is 301 g/mol. The lowest BCUT2D eigenvalue weighted by Crippen LogP contribution is -2.26. The van der Waals surface area contributed by atoms with Crippen LogP contribution in [0.3, 0.4) is 0 Å². The summed E-state index contributed by atoms with van der Waals surface area (Å²) in [6.07, 6.45) is 2.92. The van der Waals surface area contributed by atoms with Crippen molar-refractivity contribution in [2.45, 2.75) is 23.1 Å². The van der Waals surface area contributed by atoms with E-state index in [1.165, 1.54) is 0 Å². The van der Waals surface area contributed by atoms with Gasteiger partial charge in [0, 0.05) is 16.3 Å². The van der Waals surface area contributed by atoms with E-state index in [4.69, 9.17) is 0 Å². The molecule has 1 aromatic rings. The molecule has 16 heavy (non-hydrogen) atoms. The molecule has 1 atom stereocenters. The van der Waals surface area contributed by atoms with Crippen molar-refractivity contribution in [3.8, 4) is 0 Å². The van der Waals surface area contributed by atoms with Gasteiger partial charge in [-0.25, -0.2) is 0 Å². The average molecular weight is 302 g/mol. The molecule has 2 nitrogen and oxygen atoms in total. The second kappa shape index (κ2) is 6.97. The van der Waals surface area contributed by atoms with E-state index in [-0.39, 0.29) is 5.91 Å². The van der Waals surface area contributed by atoms with Gasteiger partial charge in [-0.15, -0.1) is 11.8 Å². The second-order valence-electron chi connectivity index (χ2n) is 3.53. The van der Waals surface area contributed by atoms with Crippen LogP contribution in [0.5, 0.6) is 0 Å². The largest absolute Gasteiger partial charge is 0.352 e. The molecule has 1 unspecified atom stereocenters. The van der Waals surface area contributed by atoms with Crippen molar-refractivity contribution in [1.82, 2.24) is 5.32 Å². The van der Waals surface area contributed by atoms with Gasteiger partial charge in [0.25, 0.3) is 5.91 Å². The first-order valence-electron chi connectivity index (χ1n) is 5.20. The number of carbonyl (C=O) groups excluding carboxylic acids is 1. The van der Waals surface area contributed by atoms with E-state index in [0.29, 0.717) is 11.4 Å². The highest BCUT2D eigenvalue weighted by Gasteiger charge is 2.09. The van der Waals surface area contributed by atoms with Crippen molar-refractivity contribution in [3.63, 3.8) is 0 Å². The Labute approximate surface area is 109 Å². The third-order valence-corrected chi connectivity index (χ3v) is 3.43. The van der Waals surface area contributed by atoms with Gasteiger partial charge in [-0.2, -0.15) is 0 Å². The molecule has 0 heterocycles. The molecular formula is C12H16BrNOS. The summed E-state index contributed by atoms with van der Waals surface area (Å²) in [6, 6.07) is 7.66. The molecule has 0 aliphatic heterocycles. The van der Waals surface area contributed by atoms with Crippen LogP contribution >= 0.6 is 27.7 Å². The maximum absolute atomic E-state index is 11.9. The summed E-state index contributed by atoms with van der Waals surface area (Å²) in [5.41, 5.74) is 0.761. The van der Waals surface area contributed by atoms with Gasteiger partial charge >= 0.3 is 0 Å². The molecular weight excluding hydrogens is 286 g/mol. The van der Waals surface area contributed by atoms with E-state index in [1.807, 2.05) is 30.5 Å². The average Bonchev–Trinajstić information content (AvgIpc) is 2.28. The highest BCUT2D eigenvalue weighted by atomic mass is 79.9. The van der Waals surface area contributed by atoms with E-state index in [1.54, 1.807) is 11.8 Å². The number of alkyl halides is 1. The van der Waals surface area contributed by atoms with E-state index < -0.39 is 0 Å². The van der Waals surface area contributed by atoms with Gasteiger partial charge in [0.05, 0.1) is 5.56 Å². The summed E-state index contributed by atoms with van der Waals surface area (Å²) < 4.78 is 0. The maximum atomic E-state index is 11.9. The second-order valence-corrected chi connectivity index (χ2v) is 5.94. The number of hydrogen-bond donors (Lipinski definition) is 1. The number of amides is 1. The first-order valence-corrected chi connectivity index (χ1v) is 7.34. The number of nitrogens with one attached hydrogen (secondary N) is 1. The van der Waals surface area contributed by atoms with Crippen LogP contribution in [0.4, 0.5) is 0 Å². The number of rotatable bonds is 5. The normalized spacial score (nSPS) is 12.2. The zero-order chi connectivity index (χ0) is 12.0. The van der Waals surface area contributed by atoms with Gasteiger partial charge in [-0.3, -0.25) is 4.79 Å². The smallest absolute Gasteiger partial charge is 0.252 e. The summed E-state index contributed by atoms with van der Waals surface area (Å²) in [4.78, 5) is 13.3. The highest BCUT2D eigenvalue weighted by Crippen LogP contribution is 2.19. The molecule has 1 aromatic carbocycles. The van der Waals surface area contributed by atoms with Crippen molar-refractivity contribution in [1.29, 1.82) is 0 Å². The lowest BCUT2D eigenvalue weighted by Gasteiger charge is -2.09. The molecule has 0 spiro atoms. The van der Waals surface area contributed by atoms with Crippen LogP contribution < -0.4 is 5.32 Å². The molecule has 1 rings (SSSR count). The van der Waals surface area contributed by atoms with E-state index in [9.17, 15) is 4.79 Å². The van der Waals surface area contributed by atoms with Crippen LogP contribution in [-0.2, 0) is 0 Å². The minimum absolute atomic E-state index is 0.0121.